The van der Waals surface area contributed by atoms with E-state index in [1.165, 1.54) is 65.1 Å². The van der Waals surface area contributed by atoms with Crippen LogP contribution in [-0.4, -0.2) is 562 Å². The van der Waals surface area contributed by atoms with Gasteiger partial charge < -0.3 is 70.1 Å². The first-order valence-electron chi connectivity index (χ1n) is 52.8. The number of nitrogens with two attached hydrogens (primary N) is 1. The number of piperidine rings is 8. The van der Waals surface area contributed by atoms with Crippen LogP contribution in [0.5, 0.6) is 0 Å². The van der Waals surface area contributed by atoms with Crippen LogP contribution in [0.25, 0.3) is 0 Å². The molecule has 850 valence electrons. The number of hydrogen-bond acceptors (Lipinski definition) is 27. The molecule has 0 unspecified atom stereocenters. The molecule has 0 aliphatic carbocycles. The molecule has 5 N–H and O–H groups in total. The maximum Gasteiger partial charge on any atom is 0.325 e. The number of rotatable bonds is 18. The number of ether oxygens (including phenoxy) is 1. The average Bonchev–Trinajstić information content (AvgIpc) is 1.64. The Kier molecular flexibility index (Phi) is 46.1. The Balaban J connectivity index is 0.000000187. The van der Waals surface area contributed by atoms with Crippen LogP contribution >= 0.6 is 0 Å². The molecule has 0 radical (unpaired) electrons. The van der Waals surface area contributed by atoms with Crippen LogP contribution < -0.4 is 21.8 Å². The number of carbonyl (C=O) groups excluding carboxylic acids is 8. The van der Waals surface area contributed by atoms with Gasteiger partial charge in [0.15, 0.2) is 0 Å². The van der Waals surface area contributed by atoms with Gasteiger partial charge in [-0.25, -0.2) is 72.0 Å². The highest BCUT2D eigenvalue weighted by molar-refractivity contribution is 5.85. The van der Waals surface area contributed by atoms with E-state index in [2.05, 4.69) is 72.1 Å². The molecule has 0 bridgehead atoms. The van der Waals surface area contributed by atoms with E-state index in [1.54, 1.807) is 62.5 Å². The van der Waals surface area contributed by atoms with Gasteiger partial charge in [-0.2, -0.15) is 0 Å². The summed E-state index contributed by atoms with van der Waals surface area (Å²) in [6, 6.07) is -3.84. The zero-order chi connectivity index (χ0) is 109. The molecule has 0 saturated carbocycles. The Hall–Kier alpha value is -5.94. The summed E-state index contributed by atoms with van der Waals surface area (Å²) in [5.74, 6) is -21.8. The largest absolute Gasteiger partial charge is 0.468 e. The number of primary amides is 1. The number of halogens is 14. The van der Waals surface area contributed by atoms with Gasteiger partial charge in [-0.15, -0.1) is 0 Å². The highest BCUT2D eigenvalue weighted by Gasteiger charge is 2.59. The number of likely N-dealkylation sites (N-methyl/N-ethyl adjacent to an activating group) is 5. The Bertz CT molecular complexity index is 3990. The Morgan fingerprint density at radius 2 is 0.503 bits per heavy atom. The zero-order valence-corrected chi connectivity index (χ0v) is 90.7. The molecule has 16 rings (SSSR count). The molecular weight excluding hydrogens is 1950 g/mol. The molecule has 7 amide bonds. The molecule has 0 aromatic rings. The fourth-order valence-corrected chi connectivity index (χ4v) is 24.3. The number of nitrogens with one attached hydrogen (secondary N) is 3. The molecule has 16 aliphatic rings. The first-order chi connectivity index (χ1) is 68.7. The molecule has 0 aromatic heterocycles. The predicted molar refractivity (Wildman–Crippen MR) is 531 cm³/mol. The first-order valence-corrected chi connectivity index (χ1v) is 52.8. The molecule has 16 fully saturated rings. The number of carbonyl (C=O) groups is 8. The fourth-order valence-electron chi connectivity index (χ4n) is 24.3. The number of hydroxylamine groups is 3. The molecule has 34 nitrogen and oxygen atoms in total. The van der Waals surface area contributed by atoms with Crippen LogP contribution in [0.3, 0.4) is 0 Å². The molecule has 16 heterocycles. The van der Waals surface area contributed by atoms with Crippen LogP contribution in [0.1, 0.15) is 167 Å². The van der Waals surface area contributed by atoms with Gasteiger partial charge in [-0.05, 0) is 290 Å². The van der Waals surface area contributed by atoms with Gasteiger partial charge in [0.05, 0.1) is 109 Å². The van der Waals surface area contributed by atoms with E-state index < -0.39 is 115 Å². The minimum absolute atomic E-state index is 0.0529. The fraction of sp³-hybridized carbons (Fsp3) is 0.919. The van der Waals surface area contributed by atoms with Crippen molar-refractivity contribution in [1.29, 1.82) is 0 Å². The average molecular weight is 2130 g/mol. The van der Waals surface area contributed by atoms with Crippen molar-refractivity contribution in [3.8, 4) is 0 Å². The molecule has 147 heavy (non-hydrogen) atoms. The van der Waals surface area contributed by atoms with E-state index in [4.69, 9.17) is 15.3 Å². The van der Waals surface area contributed by atoms with Gasteiger partial charge >= 0.3 is 5.97 Å². The lowest BCUT2D eigenvalue weighted by molar-refractivity contribution is -0.174. The number of amides is 7. The van der Waals surface area contributed by atoms with Gasteiger partial charge in [0, 0.05) is 143 Å². The second-order valence-electron chi connectivity index (χ2n) is 44.9. The van der Waals surface area contributed by atoms with Gasteiger partial charge in [0.1, 0.15) is 5.54 Å². The monoisotopic (exact) mass is 2130 g/mol. The second kappa shape index (κ2) is 54.4. The maximum atomic E-state index is 13.7. The van der Waals surface area contributed by atoms with Crippen molar-refractivity contribution in [1.82, 2.24) is 109 Å². The Morgan fingerprint density at radius 3 is 0.714 bits per heavy atom. The van der Waals surface area contributed by atoms with E-state index in [9.17, 15) is 99.8 Å². The summed E-state index contributed by atoms with van der Waals surface area (Å²) in [6.45, 7) is 15.9. The summed E-state index contributed by atoms with van der Waals surface area (Å²) >= 11 is 0. The number of nitrogens with zero attached hydrogens (tertiary/aromatic N) is 19. The Morgan fingerprint density at radius 1 is 0.299 bits per heavy atom. The van der Waals surface area contributed by atoms with E-state index in [0.717, 1.165) is 219 Å². The van der Waals surface area contributed by atoms with E-state index >= 15 is 0 Å². The quantitative estimate of drug-likeness (QED) is 0.0749. The van der Waals surface area contributed by atoms with Crippen molar-refractivity contribution in [2.45, 2.75) is 305 Å². The third kappa shape index (κ3) is 35.5. The standard InChI is InChI=1S/C13H23F2N3O2.2C13H23F2N3O.C13H24N2O2.C12H21F2N3O2.2C12H21F2N3O.C11H19F2N3O/c1-16-6-4-10(5-7-16)18-9-13(14,15)8-11(18)12(19)17(2)20-3;2*1-16(2)12(19)11-8-13(14,15)9-18(11)10-4-6-17(3)7-5-10;1-13(12(16)17-3)7-4-8-15(13)11-5-9-14(2)10-6-11;1-16-5-3-9(4-6-16)17-8-12(13,14)7-10(17)11(18)15-19-2;2*1-15-11(18)10-7-12(13,14)8-17(10)9-3-5-16(2)6-4-9;1-15-4-2-8(3-5-15)16-7-11(12,13)6-9(16)10(14)17/h10-11H,4-9H2,1-3H3;2*10-11H,4-9H2,1-3H3;11H,4-10H2,1-3H3;9-10H,3-8H2,1-2H3,(H,15,18);2*9-10H,3-8H2,1-2H3,(H,15,18);8-9H,2-7H2,1H3,(H2,14,17)/t3*11-;13-;3*10-;9-/m11011101/s1. The van der Waals surface area contributed by atoms with E-state index in [-0.39, 0.29) is 155 Å². The van der Waals surface area contributed by atoms with E-state index in [1.807, 2.05) is 56.3 Å². The lowest BCUT2D eigenvalue weighted by Gasteiger charge is -2.42. The van der Waals surface area contributed by atoms with Gasteiger partial charge in [0.25, 0.3) is 53.3 Å². The SMILES string of the molecule is CN1CCC(N2CC(F)(F)C[C@@H]2C(=O)N(C)C)CC1.CN1CCC(N2CC(F)(F)C[C@@H]2C(N)=O)CC1.CN1CCC(N2CC(F)(F)C[C@H]2C(=O)N(C)C)CC1.CNC(=O)[C@@H]1CC(F)(F)CN1C1CCN(C)CC1.CNC(=O)[C@H]1CC(F)(F)CN1C1CCN(C)CC1.COC(=O)[C@@]1(C)CCCN1C1CCN(C)CC1.CON(C)C(=O)[C@H]1CC(F)(F)CN1C1CCN(C)CC1.CONC(=O)[C@H]1CC(F)(F)CN1C1CCN(C)CC1. The predicted octanol–water partition coefficient (Wildman–Crippen LogP) is 5.49. The molecule has 0 aromatic carbocycles. The van der Waals surface area contributed by atoms with Gasteiger partial charge in [-0.1, -0.05) is 0 Å². The summed E-state index contributed by atoms with van der Waals surface area (Å²) in [4.78, 5) is 139. The van der Waals surface area contributed by atoms with Crippen molar-refractivity contribution in [2.24, 2.45) is 5.73 Å². The zero-order valence-electron chi connectivity index (χ0n) is 90.7. The van der Waals surface area contributed by atoms with Crippen molar-refractivity contribution >= 4 is 47.3 Å². The van der Waals surface area contributed by atoms with Crippen molar-refractivity contribution in [2.75, 3.05) is 284 Å². The van der Waals surface area contributed by atoms with Gasteiger partial charge in [0.2, 0.25) is 29.5 Å². The third-order valence-corrected chi connectivity index (χ3v) is 32.9. The minimum atomic E-state index is -2.79. The van der Waals surface area contributed by atoms with Crippen LogP contribution in [0.15, 0.2) is 0 Å². The van der Waals surface area contributed by atoms with E-state index in [0.29, 0.717) is 6.04 Å². The van der Waals surface area contributed by atoms with Crippen LogP contribution in [0, 0.1) is 0 Å². The maximum absolute atomic E-state index is 13.7. The second-order valence-corrected chi connectivity index (χ2v) is 44.9. The minimum Gasteiger partial charge on any atom is -0.468 e. The van der Waals surface area contributed by atoms with Crippen LogP contribution in [0.2, 0.25) is 0 Å². The summed E-state index contributed by atoms with van der Waals surface area (Å²) in [7, 11) is 31.5. The summed E-state index contributed by atoms with van der Waals surface area (Å²) in [5.41, 5.74) is 7.02. The smallest absolute Gasteiger partial charge is 0.325 e. The molecule has 8 atom stereocenters. The van der Waals surface area contributed by atoms with Crippen molar-refractivity contribution in [3.63, 3.8) is 0 Å². The number of alkyl halides is 14. The normalized spacial score (nSPS) is 30.4. The molecule has 16 saturated heterocycles. The highest BCUT2D eigenvalue weighted by Crippen LogP contribution is 2.45. The molecular formula is C99H175F14N23O11. The van der Waals surface area contributed by atoms with Gasteiger partial charge in [-0.3, -0.25) is 87.2 Å². The molecule has 0 spiro atoms. The topological polar surface area (TPSA) is 288 Å². The van der Waals surface area contributed by atoms with Crippen molar-refractivity contribution in [3.05, 3.63) is 0 Å². The number of esters is 1. The summed E-state index contributed by atoms with van der Waals surface area (Å²) in [5, 5.41) is 6.05. The number of likely N-dealkylation sites (tertiary alicyclic amines) is 16. The first kappa shape index (κ1) is 125. The number of hydrogen-bond donors (Lipinski definition) is 4. The molecule has 16 aliphatic heterocycles. The number of methoxy groups -OCH3 is 1. The van der Waals surface area contributed by atoms with Crippen LogP contribution in [-0.2, 0) is 52.8 Å². The van der Waals surface area contributed by atoms with Crippen molar-refractivity contribution < 1.29 is 114 Å². The highest BCUT2D eigenvalue weighted by atomic mass is 19.3. The molecule has 48 heteroatoms. The lowest BCUT2D eigenvalue weighted by Crippen LogP contribution is -2.55. The summed E-state index contributed by atoms with van der Waals surface area (Å²) < 4.78 is 195. The lowest BCUT2D eigenvalue weighted by atomic mass is 9.94. The third-order valence-electron chi connectivity index (χ3n) is 32.9. The Labute approximate surface area is 862 Å². The summed E-state index contributed by atoms with van der Waals surface area (Å²) in [6.07, 6.45) is 13.6. The van der Waals surface area contributed by atoms with Crippen LogP contribution in [0.4, 0.5) is 61.5 Å².